The molecular weight excluding hydrogens is 124 g/mol. The summed E-state index contributed by atoms with van der Waals surface area (Å²) in [4.78, 5) is 7.46. The molecule has 1 aliphatic carbocycles. The van der Waals surface area contributed by atoms with E-state index in [1.165, 1.54) is 30.7 Å². The summed E-state index contributed by atoms with van der Waals surface area (Å²) in [6.45, 7) is 2.25. The zero-order valence-electron chi connectivity index (χ0n) is 6.22. The zero-order chi connectivity index (χ0) is 6.97. The zero-order valence-corrected chi connectivity index (χ0v) is 6.22. The molecule has 1 aromatic heterocycles. The van der Waals surface area contributed by atoms with Crippen LogP contribution in [0.3, 0.4) is 0 Å². The first-order valence-electron chi connectivity index (χ1n) is 3.90. The van der Waals surface area contributed by atoms with Crippen molar-refractivity contribution in [2.24, 2.45) is 0 Å². The third-order valence-corrected chi connectivity index (χ3v) is 2.28. The van der Waals surface area contributed by atoms with Gasteiger partial charge in [-0.3, -0.25) is 0 Å². The van der Waals surface area contributed by atoms with Crippen LogP contribution in [0.5, 0.6) is 0 Å². The molecule has 0 aromatic carbocycles. The van der Waals surface area contributed by atoms with Gasteiger partial charge in [0.15, 0.2) is 0 Å². The normalized spacial score (nSPS) is 24.3. The number of nitrogens with one attached hydrogen (secondary N) is 1. The van der Waals surface area contributed by atoms with E-state index in [4.69, 9.17) is 0 Å². The van der Waals surface area contributed by atoms with Gasteiger partial charge in [-0.1, -0.05) is 6.92 Å². The Morgan fingerprint density at radius 2 is 2.60 bits per heavy atom. The lowest BCUT2D eigenvalue weighted by molar-refractivity contribution is 0.574. The quantitative estimate of drug-likeness (QED) is 0.579. The Labute approximate surface area is 60.7 Å². The molecular formula is C8H12N2. The number of H-pyrrole nitrogens is 1. The highest BCUT2D eigenvalue weighted by atomic mass is 14.9. The highest BCUT2D eigenvalue weighted by Crippen LogP contribution is 2.27. The number of aromatic amines is 1. The maximum absolute atomic E-state index is 4.28. The molecule has 1 aromatic rings. The lowest BCUT2D eigenvalue weighted by Gasteiger charge is -2.15. The predicted molar refractivity (Wildman–Crippen MR) is 39.9 cm³/mol. The number of hydrogen-bond donors (Lipinski definition) is 1. The number of fused-ring (bicyclic) bond motifs is 1. The van der Waals surface area contributed by atoms with Crippen LogP contribution < -0.4 is 0 Å². The minimum Gasteiger partial charge on any atom is -0.348 e. The van der Waals surface area contributed by atoms with Crippen molar-refractivity contribution in [3.8, 4) is 0 Å². The maximum atomic E-state index is 4.28. The van der Waals surface area contributed by atoms with Crippen LogP contribution in [0.2, 0.25) is 0 Å². The Morgan fingerprint density at radius 3 is 3.40 bits per heavy atom. The fourth-order valence-corrected chi connectivity index (χ4v) is 1.68. The van der Waals surface area contributed by atoms with Crippen molar-refractivity contribution in [2.75, 3.05) is 0 Å². The van der Waals surface area contributed by atoms with Crippen molar-refractivity contribution < 1.29 is 0 Å². The summed E-state index contributed by atoms with van der Waals surface area (Å²) in [7, 11) is 0. The fourth-order valence-electron chi connectivity index (χ4n) is 1.68. The highest BCUT2D eigenvalue weighted by molar-refractivity contribution is 5.18. The van der Waals surface area contributed by atoms with Crippen LogP contribution in [0.4, 0.5) is 0 Å². The van der Waals surface area contributed by atoms with Crippen LogP contribution in [0, 0.1) is 0 Å². The van der Waals surface area contributed by atoms with Crippen LogP contribution in [-0.4, -0.2) is 9.97 Å². The van der Waals surface area contributed by atoms with E-state index in [-0.39, 0.29) is 0 Å². The van der Waals surface area contributed by atoms with E-state index < -0.39 is 0 Å². The van der Waals surface area contributed by atoms with E-state index in [2.05, 4.69) is 16.9 Å². The van der Waals surface area contributed by atoms with E-state index in [9.17, 15) is 0 Å². The Morgan fingerprint density at radius 1 is 1.70 bits per heavy atom. The first kappa shape index (κ1) is 5.96. The highest BCUT2D eigenvalue weighted by Gasteiger charge is 2.17. The molecule has 0 saturated carbocycles. The predicted octanol–water partition coefficient (Wildman–Crippen LogP) is 1.85. The summed E-state index contributed by atoms with van der Waals surface area (Å²) >= 11 is 0. The molecule has 0 unspecified atom stereocenters. The second kappa shape index (κ2) is 2.11. The fraction of sp³-hybridized carbons (Fsp3) is 0.625. The average Bonchev–Trinajstić information content (AvgIpc) is 2.36. The topological polar surface area (TPSA) is 28.7 Å². The van der Waals surface area contributed by atoms with Crippen LogP contribution in [0.1, 0.15) is 37.1 Å². The number of aryl methyl sites for hydroxylation is 1. The first-order chi connectivity index (χ1) is 4.88. The molecule has 1 N–H and O–H groups in total. The van der Waals surface area contributed by atoms with E-state index in [0.29, 0.717) is 5.92 Å². The Hall–Kier alpha value is -0.790. The Bertz CT molecular complexity index is 227. The monoisotopic (exact) mass is 136 g/mol. The molecule has 2 heteroatoms. The molecule has 0 amide bonds. The van der Waals surface area contributed by atoms with E-state index in [1.807, 2.05) is 6.33 Å². The van der Waals surface area contributed by atoms with Crippen molar-refractivity contribution in [1.82, 2.24) is 9.97 Å². The van der Waals surface area contributed by atoms with Crippen molar-refractivity contribution in [3.63, 3.8) is 0 Å². The van der Waals surface area contributed by atoms with Gasteiger partial charge in [0.2, 0.25) is 0 Å². The van der Waals surface area contributed by atoms with Gasteiger partial charge in [0, 0.05) is 11.6 Å². The van der Waals surface area contributed by atoms with Gasteiger partial charge < -0.3 is 4.98 Å². The van der Waals surface area contributed by atoms with Crippen LogP contribution in [-0.2, 0) is 6.42 Å². The number of imidazole rings is 1. The third-order valence-electron chi connectivity index (χ3n) is 2.28. The van der Waals surface area contributed by atoms with Gasteiger partial charge in [0.25, 0.3) is 0 Å². The molecule has 1 heterocycles. The number of aromatic nitrogens is 2. The molecule has 0 radical (unpaired) electrons. The van der Waals surface area contributed by atoms with Crippen molar-refractivity contribution >= 4 is 0 Å². The lowest BCUT2D eigenvalue weighted by atomic mass is 9.92. The number of nitrogens with zero attached hydrogens (tertiary/aromatic N) is 1. The standard InChI is InChI=1S/C8H12N2/c1-6-3-2-4-7-8(6)10-5-9-7/h5-6H,2-4H2,1H3,(H,9,10)/t6-/m1/s1. The first-order valence-corrected chi connectivity index (χ1v) is 3.90. The largest absolute Gasteiger partial charge is 0.348 e. The Kier molecular flexibility index (Phi) is 1.26. The van der Waals surface area contributed by atoms with Crippen molar-refractivity contribution in [3.05, 3.63) is 17.7 Å². The van der Waals surface area contributed by atoms with Gasteiger partial charge in [-0.05, 0) is 19.3 Å². The van der Waals surface area contributed by atoms with Crippen molar-refractivity contribution in [2.45, 2.75) is 32.1 Å². The molecule has 1 atom stereocenters. The average molecular weight is 136 g/mol. The van der Waals surface area contributed by atoms with Crippen LogP contribution >= 0.6 is 0 Å². The van der Waals surface area contributed by atoms with Gasteiger partial charge >= 0.3 is 0 Å². The number of hydrogen-bond acceptors (Lipinski definition) is 1. The molecule has 0 fully saturated rings. The van der Waals surface area contributed by atoms with E-state index >= 15 is 0 Å². The lowest BCUT2D eigenvalue weighted by Crippen LogP contribution is -2.05. The second-order valence-electron chi connectivity index (χ2n) is 3.06. The summed E-state index contributed by atoms with van der Waals surface area (Å²) < 4.78 is 0. The second-order valence-corrected chi connectivity index (χ2v) is 3.06. The third kappa shape index (κ3) is 0.753. The van der Waals surface area contributed by atoms with Gasteiger partial charge in [-0.15, -0.1) is 0 Å². The minimum absolute atomic E-state index is 0.676. The van der Waals surface area contributed by atoms with Crippen LogP contribution in [0.25, 0.3) is 0 Å². The molecule has 0 saturated heterocycles. The summed E-state index contributed by atoms with van der Waals surface area (Å²) in [5.41, 5.74) is 2.66. The van der Waals surface area contributed by atoms with Gasteiger partial charge in [0.1, 0.15) is 0 Å². The molecule has 1 aliphatic rings. The summed E-state index contributed by atoms with van der Waals surface area (Å²) in [5.74, 6) is 0.676. The molecule has 0 aliphatic heterocycles. The van der Waals surface area contributed by atoms with Crippen LogP contribution in [0.15, 0.2) is 6.33 Å². The van der Waals surface area contributed by atoms with Crippen molar-refractivity contribution in [1.29, 1.82) is 0 Å². The maximum Gasteiger partial charge on any atom is 0.0925 e. The smallest absolute Gasteiger partial charge is 0.0925 e. The summed E-state index contributed by atoms with van der Waals surface area (Å²) in [5, 5.41) is 0. The molecule has 2 nitrogen and oxygen atoms in total. The number of rotatable bonds is 0. The Balaban J connectivity index is 2.41. The van der Waals surface area contributed by atoms with Gasteiger partial charge in [-0.25, -0.2) is 4.98 Å². The summed E-state index contributed by atoms with van der Waals surface area (Å²) in [6, 6.07) is 0. The van der Waals surface area contributed by atoms with Gasteiger partial charge in [-0.2, -0.15) is 0 Å². The minimum atomic E-state index is 0.676. The molecule has 0 bridgehead atoms. The summed E-state index contributed by atoms with van der Waals surface area (Å²) in [6.07, 6.45) is 5.63. The van der Waals surface area contributed by atoms with E-state index in [0.717, 1.165) is 0 Å². The van der Waals surface area contributed by atoms with Gasteiger partial charge in [0.05, 0.1) is 12.0 Å². The van der Waals surface area contributed by atoms with E-state index in [1.54, 1.807) is 0 Å². The molecule has 10 heavy (non-hydrogen) atoms. The molecule has 2 rings (SSSR count). The molecule has 0 spiro atoms. The molecule has 54 valence electrons. The SMILES string of the molecule is C[C@@H]1CCCc2[nH]cnc21.